The van der Waals surface area contributed by atoms with Gasteiger partial charge in [0.2, 0.25) is 0 Å². The molecular weight excluding hydrogens is 462 g/mol. The van der Waals surface area contributed by atoms with Crippen molar-refractivity contribution in [1.29, 1.82) is 15.9 Å². The van der Waals surface area contributed by atoms with Crippen LogP contribution < -0.4 is 5.32 Å². The molecule has 9 heteroatoms. The Morgan fingerprint density at radius 2 is 1.78 bits per heavy atom. The normalized spacial score (nSPS) is 11.0. The predicted molar refractivity (Wildman–Crippen MR) is 142 cm³/mol. The molecule has 4 rings (SSSR count). The van der Waals surface area contributed by atoms with Crippen LogP contribution in [0.5, 0.6) is 0 Å². The first-order valence-electron chi connectivity index (χ1n) is 11.7. The molecule has 0 aromatic carbocycles. The fourth-order valence-electron chi connectivity index (χ4n) is 4.11. The van der Waals surface area contributed by atoms with Crippen LogP contribution in [0.25, 0.3) is 22.4 Å². The third-order valence-electron chi connectivity index (χ3n) is 6.39. The lowest BCUT2D eigenvalue weighted by Crippen LogP contribution is -2.18. The van der Waals surface area contributed by atoms with E-state index in [-0.39, 0.29) is 5.84 Å². The minimum absolute atomic E-state index is 0.155. The number of rotatable bonds is 5. The highest BCUT2D eigenvalue weighted by Crippen LogP contribution is 2.32. The Labute approximate surface area is 216 Å². The average molecular weight is 490 g/mol. The van der Waals surface area contributed by atoms with Crippen molar-refractivity contribution in [2.45, 2.75) is 40.0 Å². The van der Waals surface area contributed by atoms with Crippen LogP contribution >= 0.6 is 0 Å². The van der Waals surface area contributed by atoms with E-state index in [0.717, 1.165) is 33.8 Å². The van der Waals surface area contributed by atoms with E-state index >= 15 is 0 Å². The zero-order valence-corrected chi connectivity index (χ0v) is 21.7. The van der Waals surface area contributed by atoms with E-state index in [2.05, 4.69) is 37.5 Å². The summed E-state index contributed by atoms with van der Waals surface area (Å²) in [4.78, 5) is 13.4. The maximum absolute atomic E-state index is 9.91. The smallest absolute Gasteiger partial charge is 0.130 e. The lowest BCUT2D eigenvalue weighted by Gasteiger charge is -2.16. The van der Waals surface area contributed by atoms with Crippen LogP contribution in [0.4, 0.5) is 5.69 Å². The summed E-state index contributed by atoms with van der Waals surface area (Å²) < 4.78 is 1.78. The van der Waals surface area contributed by atoms with Crippen LogP contribution in [-0.2, 0) is 12.5 Å². The number of hydrogen-bond acceptors (Lipinski definition) is 7. The van der Waals surface area contributed by atoms with E-state index in [4.69, 9.17) is 5.41 Å². The maximum Gasteiger partial charge on any atom is 0.130 e. The Morgan fingerprint density at radius 3 is 2.43 bits per heavy atom. The third kappa shape index (κ3) is 4.80. The summed E-state index contributed by atoms with van der Waals surface area (Å²) in [6.07, 6.45) is 4.99. The molecule has 184 valence electrons. The molecule has 9 nitrogen and oxygen atoms in total. The molecule has 0 unspecified atom stereocenters. The zero-order valence-electron chi connectivity index (χ0n) is 21.7. The molecule has 0 saturated carbocycles. The van der Waals surface area contributed by atoms with Crippen molar-refractivity contribution in [2.24, 2.45) is 7.05 Å². The van der Waals surface area contributed by atoms with Crippen molar-refractivity contribution in [2.75, 3.05) is 5.32 Å². The summed E-state index contributed by atoms with van der Waals surface area (Å²) in [5.74, 6) is 0.155. The molecule has 0 bridgehead atoms. The monoisotopic (exact) mass is 489 g/mol. The van der Waals surface area contributed by atoms with Gasteiger partial charge in [-0.25, -0.2) is 0 Å². The van der Waals surface area contributed by atoms with Gasteiger partial charge in [-0.3, -0.25) is 25.0 Å². The highest BCUT2D eigenvalue weighted by atomic mass is 15.3. The Bertz CT molecular complexity index is 1610. The van der Waals surface area contributed by atoms with Crippen LogP contribution in [-0.4, -0.2) is 30.6 Å². The van der Waals surface area contributed by atoms with Gasteiger partial charge in [-0.2, -0.15) is 15.6 Å². The molecule has 0 aliphatic heterocycles. The van der Waals surface area contributed by atoms with E-state index in [9.17, 15) is 10.5 Å². The lowest BCUT2D eigenvalue weighted by molar-refractivity contribution is 0.659. The van der Waals surface area contributed by atoms with Crippen molar-refractivity contribution in [1.82, 2.24) is 24.7 Å². The largest absolute Gasteiger partial charge is 0.339 e. The highest BCUT2D eigenvalue weighted by molar-refractivity contribution is 6.06. The molecule has 0 fully saturated rings. The highest BCUT2D eigenvalue weighted by Gasteiger charge is 2.22. The van der Waals surface area contributed by atoms with E-state index in [1.807, 2.05) is 40.0 Å². The number of nitrogens with zero attached hydrogens (tertiary/aromatic N) is 7. The summed E-state index contributed by atoms with van der Waals surface area (Å²) >= 11 is 0. The quantitative estimate of drug-likeness (QED) is 0.298. The second-order valence-electron chi connectivity index (χ2n) is 9.42. The van der Waals surface area contributed by atoms with Gasteiger partial charge in [-0.15, -0.1) is 0 Å². The minimum Gasteiger partial charge on any atom is -0.339 e. The van der Waals surface area contributed by atoms with E-state index in [1.54, 1.807) is 49.3 Å². The Morgan fingerprint density at radius 1 is 1.03 bits per heavy atom. The minimum atomic E-state index is -0.765. The first kappa shape index (κ1) is 25.2. The summed E-state index contributed by atoms with van der Waals surface area (Å²) in [5, 5.41) is 35.4. The van der Waals surface area contributed by atoms with Crippen LogP contribution in [0.2, 0.25) is 0 Å². The van der Waals surface area contributed by atoms with Crippen LogP contribution in [0.3, 0.4) is 0 Å². The molecule has 4 aromatic rings. The zero-order chi connectivity index (χ0) is 26.9. The van der Waals surface area contributed by atoms with E-state index in [0.29, 0.717) is 28.2 Å². The summed E-state index contributed by atoms with van der Waals surface area (Å²) in [6, 6.07) is 11.7. The predicted octanol–water partition coefficient (Wildman–Crippen LogP) is 4.97. The Kier molecular flexibility index (Phi) is 6.56. The van der Waals surface area contributed by atoms with Crippen LogP contribution in [0, 0.1) is 48.8 Å². The van der Waals surface area contributed by atoms with Crippen LogP contribution in [0.1, 0.15) is 47.8 Å². The van der Waals surface area contributed by atoms with Gasteiger partial charge in [-0.05, 0) is 58.9 Å². The van der Waals surface area contributed by atoms with E-state index in [1.165, 1.54) is 0 Å². The molecule has 2 N–H and O–H groups in total. The SMILES string of the molecule is Cc1ncc(NC(=N)c2ccnc(C(C)(C)C#N)c2)cc1-c1cnc(-c2c(C)nn(C)c2C)c(C#N)c1. The number of aromatic nitrogens is 5. The molecule has 0 radical (unpaired) electrons. The Hall–Kier alpha value is -4.89. The molecule has 0 aliphatic carbocycles. The van der Waals surface area contributed by atoms with Crippen LogP contribution in [0.15, 0.2) is 42.9 Å². The first-order valence-corrected chi connectivity index (χ1v) is 11.7. The average Bonchev–Trinajstić information content (AvgIpc) is 3.15. The fourth-order valence-corrected chi connectivity index (χ4v) is 4.11. The molecule has 0 amide bonds. The number of nitrogens with one attached hydrogen (secondary N) is 2. The fraction of sp³-hybridized carbons (Fsp3) is 0.250. The molecule has 0 spiro atoms. The molecule has 0 atom stereocenters. The second-order valence-corrected chi connectivity index (χ2v) is 9.42. The van der Waals surface area contributed by atoms with Gasteiger partial charge < -0.3 is 5.32 Å². The topological polar surface area (TPSA) is 140 Å². The van der Waals surface area contributed by atoms with Crippen molar-refractivity contribution < 1.29 is 0 Å². The number of nitriles is 2. The van der Waals surface area contributed by atoms with Gasteiger partial charge in [-0.1, -0.05) is 0 Å². The maximum atomic E-state index is 9.91. The molecule has 0 aliphatic rings. The lowest BCUT2D eigenvalue weighted by atomic mass is 9.90. The second kappa shape index (κ2) is 9.63. The van der Waals surface area contributed by atoms with Crippen molar-refractivity contribution in [3.05, 3.63) is 76.8 Å². The third-order valence-corrected chi connectivity index (χ3v) is 6.39. The van der Waals surface area contributed by atoms with Crippen molar-refractivity contribution >= 4 is 11.5 Å². The van der Waals surface area contributed by atoms with Gasteiger partial charge in [0.05, 0.1) is 46.0 Å². The molecule has 4 aromatic heterocycles. The molecular formula is C28H27N9. The number of hydrogen-bond donors (Lipinski definition) is 2. The van der Waals surface area contributed by atoms with Gasteiger partial charge in [0.25, 0.3) is 0 Å². The molecule has 4 heterocycles. The summed E-state index contributed by atoms with van der Waals surface area (Å²) in [5.41, 5.74) is 7.04. The standard InChI is InChI=1S/C28H27N9/c1-16-23(21-9-20(12-29)26(34-13-21)25-17(2)36-37(6)18(25)3)11-22(14-33-16)35-27(31)19-7-8-32-24(10-19)28(4,5)15-30/h7-11,13-14H,1-6H3,(H2,31,35). The van der Waals surface area contributed by atoms with E-state index < -0.39 is 5.41 Å². The van der Waals surface area contributed by atoms with Gasteiger partial charge in [0.1, 0.15) is 11.9 Å². The van der Waals surface area contributed by atoms with Crippen molar-refractivity contribution in [3.63, 3.8) is 0 Å². The number of amidine groups is 1. The van der Waals surface area contributed by atoms with Gasteiger partial charge in [0.15, 0.2) is 0 Å². The number of aryl methyl sites for hydroxylation is 3. The molecule has 37 heavy (non-hydrogen) atoms. The van der Waals surface area contributed by atoms with Crippen molar-refractivity contribution in [3.8, 4) is 34.5 Å². The Balaban J connectivity index is 1.67. The number of anilines is 1. The summed E-state index contributed by atoms with van der Waals surface area (Å²) in [6.45, 7) is 9.33. The molecule has 0 saturated heterocycles. The van der Waals surface area contributed by atoms with Gasteiger partial charge >= 0.3 is 0 Å². The number of pyridine rings is 3. The van der Waals surface area contributed by atoms with Gasteiger partial charge in [0, 0.05) is 53.1 Å². The first-order chi connectivity index (χ1) is 17.6. The summed E-state index contributed by atoms with van der Waals surface area (Å²) in [7, 11) is 1.87.